The van der Waals surface area contributed by atoms with E-state index in [-0.39, 0.29) is 44.4 Å². The molecule has 9 heteroatoms. The van der Waals surface area contributed by atoms with Gasteiger partial charge in [-0.15, -0.1) is 0 Å². The lowest BCUT2D eigenvalue weighted by molar-refractivity contribution is -0.147. The predicted molar refractivity (Wildman–Crippen MR) is 154 cm³/mol. The van der Waals surface area contributed by atoms with Crippen LogP contribution in [0.15, 0.2) is 0 Å². The lowest BCUT2D eigenvalue weighted by atomic mass is 9.92. The van der Waals surface area contributed by atoms with Crippen LogP contribution >= 0.6 is 0 Å². The predicted octanol–water partition coefficient (Wildman–Crippen LogP) is 3.58. The van der Waals surface area contributed by atoms with Crippen molar-refractivity contribution < 1.29 is 44.1 Å². The molecule has 0 aliphatic rings. The third-order valence-corrected chi connectivity index (χ3v) is 7.57. The molecule has 4 N–H and O–H groups in total. The van der Waals surface area contributed by atoms with E-state index in [0.29, 0.717) is 51.8 Å². The van der Waals surface area contributed by atoms with Crippen molar-refractivity contribution in [1.29, 1.82) is 0 Å². The number of rotatable bonds is 24. The molecule has 0 bridgehead atoms. The van der Waals surface area contributed by atoms with Crippen LogP contribution in [0.3, 0.4) is 0 Å². The van der Waals surface area contributed by atoms with Crippen molar-refractivity contribution >= 4 is 0 Å². The Morgan fingerprint density at radius 2 is 0.897 bits per heavy atom. The molecule has 0 heterocycles. The zero-order valence-electron chi connectivity index (χ0n) is 26.6. The summed E-state index contributed by atoms with van der Waals surface area (Å²) in [4.78, 5) is 0. The van der Waals surface area contributed by atoms with Crippen LogP contribution in [0, 0.1) is 17.8 Å². The van der Waals surface area contributed by atoms with E-state index in [9.17, 15) is 20.4 Å². The molecule has 0 saturated heterocycles. The molecule has 0 amide bonds. The highest BCUT2D eigenvalue weighted by atomic mass is 16.6. The lowest BCUT2D eigenvalue weighted by Crippen LogP contribution is -2.41. The first kappa shape index (κ1) is 38.6. The second-order valence-corrected chi connectivity index (χ2v) is 13.3. The van der Waals surface area contributed by atoms with Crippen LogP contribution < -0.4 is 0 Å². The lowest BCUT2D eigenvalue weighted by Gasteiger charge is -2.35. The Kier molecular flexibility index (Phi) is 18.1. The van der Waals surface area contributed by atoms with Gasteiger partial charge >= 0.3 is 0 Å². The summed E-state index contributed by atoms with van der Waals surface area (Å²) >= 11 is 0. The Hall–Kier alpha value is -0.360. The fraction of sp³-hybridized carbons (Fsp3) is 1.00. The molecule has 0 aliphatic carbocycles. The second kappa shape index (κ2) is 18.2. The molecule has 0 spiro atoms. The fourth-order valence-electron chi connectivity index (χ4n) is 3.75. The molecule has 0 saturated carbocycles. The smallest absolute Gasteiger partial charge is 0.104 e. The van der Waals surface area contributed by atoms with E-state index in [4.69, 9.17) is 23.7 Å². The highest BCUT2D eigenvalue weighted by Crippen LogP contribution is 2.25. The zero-order chi connectivity index (χ0) is 30.3. The number of ether oxygens (including phenoxy) is 5. The van der Waals surface area contributed by atoms with E-state index >= 15 is 0 Å². The van der Waals surface area contributed by atoms with E-state index in [1.54, 1.807) is 0 Å². The quantitative estimate of drug-likeness (QED) is 0.139. The van der Waals surface area contributed by atoms with Gasteiger partial charge in [0.25, 0.3) is 0 Å². The van der Waals surface area contributed by atoms with Crippen LogP contribution in [0.4, 0.5) is 0 Å². The number of aliphatic hydroxyl groups is 4. The van der Waals surface area contributed by atoms with E-state index in [0.717, 1.165) is 6.42 Å². The summed E-state index contributed by atoms with van der Waals surface area (Å²) < 4.78 is 30.7. The minimum Gasteiger partial charge on any atom is -0.396 e. The van der Waals surface area contributed by atoms with Crippen LogP contribution in [0.2, 0.25) is 0 Å². The average Bonchev–Trinajstić information content (AvgIpc) is 2.80. The molecule has 39 heavy (non-hydrogen) atoms. The van der Waals surface area contributed by atoms with Crippen molar-refractivity contribution in [2.45, 2.75) is 117 Å². The third kappa shape index (κ3) is 16.6. The minimum atomic E-state index is -0.641. The molecule has 0 radical (unpaired) electrons. The molecule has 0 rings (SSSR count). The van der Waals surface area contributed by atoms with Crippen LogP contribution in [-0.4, -0.2) is 108 Å². The van der Waals surface area contributed by atoms with Crippen molar-refractivity contribution in [3.63, 3.8) is 0 Å². The number of hydrogen-bond acceptors (Lipinski definition) is 9. The Balaban J connectivity index is 4.91. The average molecular weight is 567 g/mol. The van der Waals surface area contributed by atoms with E-state index in [1.807, 2.05) is 55.4 Å². The van der Waals surface area contributed by atoms with E-state index in [1.165, 1.54) is 0 Å². The van der Waals surface area contributed by atoms with Gasteiger partial charge in [0, 0.05) is 18.4 Å². The van der Waals surface area contributed by atoms with Gasteiger partial charge in [0.15, 0.2) is 0 Å². The van der Waals surface area contributed by atoms with Crippen LogP contribution in [0.25, 0.3) is 0 Å². The molecular formula is C30H62O9. The Labute approximate surface area is 238 Å². The van der Waals surface area contributed by atoms with Crippen LogP contribution in [0.1, 0.15) is 88.5 Å². The molecule has 0 unspecified atom stereocenters. The van der Waals surface area contributed by atoms with Gasteiger partial charge in [-0.25, -0.2) is 0 Å². The molecule has 0 aliphatic heterocycles. The summed E-state index contributed by atoms with van der Waals surface area (Å²) in [6.07, 6.45) is 1.99. The molecule has 236 valence electrons. The highest BCUT2D eigenvalue weighted by molar-refractivity contribution is 4.81. The SMILES string of the molecule is CC(C)CCOC(COC(C)(C)CCOC(C)(C)C(CO)CO)COC(C)(C)CCOC(C)(C)C(CO)CO. The Bertz CT molecular complexity index is 566. The molecule has 0 aromatic carbocycles. The topological polar surface area (TPSA) is 127 Å². The summed E-state index contributed by atoms with van der Waals surface area (Å²) in [5.74, 6) is -0.157. The Morgan fingerprint density at radius 3 is 1.21 bits per heavy atom. The third-order valence-electron chi connectivity index (χ3n) is 7.57. The first-order valence-electron chi connectivity index (χ1n) is 14.6. The zero-order valence-corrected chi connectivity index (χ0v) is 26.6. The van der Waals surface area contributed by atoms with Gasteiger partial charge in [-0.2, -0.15) is 0 Å². The van der Waals surface area contributed by atoms with E-state index in [2.05, 4.69) is 13.8 Å². The summed E-state index contributed by atoms with van der Waals surface area (Å²) in [5, 5.41) is 38.0. The maximum atomic E-state index is 9.49. The second-order valence-electron chi connectivity index (χ2n) is 13.3. The fourth-order valence-corrected chi connectivity index (χ4v) is 3.75. The molecule has 0 aromatic rings. The molecule has 0 fully saturated rings. The summed E-state index contributed by atoms with van der Waals surface area (Å²) in [6.45, 7) is 21.6. The number of aliphatic hydroxyl groups excluding tert-OH is 4. The van der Waals surface area contributed by atoms with E-state index < -0.39 is 22.4 Å². The van der Waals surface area contributed by atoms with Gasteiger partial charge in [0.05, 0.1) is 75.3 Å². The summed E-state index contributed by atoms with van der Waals surface area (Å²) in [7, 11) is 0. The van der Waals surface area contributed by atoms with Crippen molar-refractivity contribution in [2.24, 2.45) is 17.8 Å². The first-order valence-corrected chi connectivity index (χ1v) is 14.6. The Morgan fingerprint density at radius 1 is 0.538 bits per heavy atom. The maximum absolute atomic E-state index is 9.49. The minimum absolute atomic E-state index is 0.134. The maximum Gasteiger partial charge on any atom is 0.104 e. The molecule has 0 atom stereocenters. The normalized spacial score (nSPS) is 14.0. The molecular weight excluding hydrogens is 504 g/mol. The number of hydrogen-bond donors (Lipinski definition) is 4. The van der Waals surface area contributed by atoms with Crippen molar-refractivity contribution in [1.82, 2.24) is 0 Å². The summed E-state index contributed by atoms with van der Waals surface area (Å²) in [6, 6.07) is 0. The van der Waals surface area contributed by atoms with Gasteiger partial charge in [-0.1, -0.05) is 13.8 Å². The first-order chi connectivity index (χ1) is 17.9. The van der Waals surface area contributed by atoms with Gasteiger partial charge in [-0.3, -0.25) is 0 Å². The summed E-state index contributed by atoms with van der Waals surface area (Å²) in [5.41, 5.74) is -2.21. The van der Waals surface area contributed by atoms with Gasteiger partial charge in [0.1, 0.15) is 6.10 Å². The van der Waals surface area contributed by atoms with Gasteiger partial charge < -0.3 is 44.1 Å². The molecule has 0 aromatic heterocycles. The van der Waals surface area contributed by atoms with Crippen molar-refractivity contribution in [2.75, 3.05) is 59.5 Å². The van der Waals surface area contributed by atoms with Crippen molar-refractivity contribution in [3.05, 3.63) is 0 Å². The standard InChI is InChI=1S/C30H62O9/c1-23(2)11-14-35-26(21-38-27(3,4)12-15-36-29(7,8)24(17-31)18-32)22-39-28(5,6)13-16-37-30(9,10)25(19-33)20-34/h23-26,31-34H,11-22H2,1-10H3. The van der Waals surface area contributed by atoms with Crippen molar-refractivity contribution in [3.8, 4) is 0 Å². The van der Waals surface area contributed by atoms with Crippen LogP contribution in [0.5, 0.6) is 0 Å². The monoisotopic (exact) mass is 566 g/mol. The highest BCUT2D eigenvalue weighted by Gasteiger charge is 2.32. The van der Waals surface area contributed by atoms with Crippen LogP contribution in [-0.2, 0) is 23.7 Å². The van der Waals surface area contributed by atoms with Gasteiger partial charge in [-0.05, 0) is 80.6 Å². The van der Waals surface area contributed by atoms with Gasteiger partial charge in [0.2, 0.25) is 0 Å². The largest absolute Gasteiger partial charge is 0.396 e. The molecule has 9 nitrogen and oxygen atoms in total.